The Balaban J connectivity index is 1.28. The highest BCUT2D eigenvalue weighted by atomic mass is 16.5. The quantitative estimate of drug-likeness (QED) is 0.834. The number of rotatable bonds is 6. The molecule has 2 aliphatic heterocycles. The standard InChI is InChI=1S/C23H32N4O/c1-4-10-26(11-5-1)23-19(14-18-6-2-3-7-22(18)25-23)15-24-16-21-17-27(12-13-28-21)20-8-9-20/h2-3,6-7,14,20-21,24H,1,4-5,8-13,15-17H2. The topological polar surface area (TPSA) is 40.6 Å². The molecule has 1 atom stereocenters. The average molecular weight is 381 g/mol. The molecule has 5 rings (SSSR count). The fourth-order valence-electron chi connectivity index (χ4n) is 4.66. The zero-order valence-corrected chi connectivity index (χ0v) is 16.8. The summed E-state index contributed by atoms with van der Waals surface area (Å²) in [6, 6.07) is 11.6. The van der Waals surface area contributed by atoms with E-state index in [1.54, 1.807) is 0 Å². The zero-order valence-electron chi connectivity index (χ0n) is 16.8. The number of nitrogens with one attached hydrogen (secondary N) is 1. The number of nitrogens with zero attached hydrogens (tertiary/aromatic N) is 3. The van der Waals surface area contributed by atoms with Gasteiger partial charge in [0.25, 0.3) is 0 Å². The number of aromatic nitrogens is 1. The molecule has 1 N–H and O–H groups in total. The molecule has 1 aliphatic carbocycles. The molecule has 5 heteroatoms. The summed E-state index contributed by atoms with van der Waals surface area (Å²) in [4.78, 5) is 10.2. The summed E-state index contributed by atoms with van der Waals surface area (Å²) in [5.74, 6) is 1.18. The van der Waals surface area contributed by atoms with Gasteiger partial charge in [0.2, 0.25) is 0 Å². The molecule has 3 fully saturated rings. The molecule has 3 heterocycles. The highest BCUT2D eigenvalue weighted by Gasteiger charge is 2.32. The molecule has 1 unspecified atom stereocenters. The maximum Gasteiger partial charge on any atom is 0.133 e. The van der Waals surface area contributed by atoms with E-state index in [2.05, 4.69) is 45.4 Å². The van der Waals surface area contributed by atoms with Crippen LogP contribution in [0.2, 0.25) is 0 Å². The zero-order chi connectivity index (χ0) is 18.8. The van der Waals surface area contributed by atoms with Gasteiger partial charge >= 0.3 is 0 Å². The summed E-state index contributed by atoms with van der Waals surface area (Å²) in [5, 5.41) is 4.91. The third-order valence-corrected chi connectivity index (χ3v) is 6.36. The van der Waals surface area contributed by atoms with Crippen molar-refractivity contribution in [3.05, 3.63) is 35.9 Å². The van der Waals surface area contributed by atoms with Crippen molar-refractivity contribution in [3.8, 4) is 0 Å². The lowest BCUT2D eigenvalue weighted by Crippen LogP contribution is -2.47. The second-order valence-corrected chi connectivity index (χ2v) is 8.56. The van der Waals surface area contributed by atoms with Crippen LogP contribution in [0.25, 0.3) is 10.9 Å². The van der Waals surface area contributed by atoms with Crippen LogP contribution in [-0.4, -0.2) is 61.4 Å². The molecule has 2 aromatic rings. The summed E-state index contributed by atoms with van der Waals surface area (Å²) in [7, 11) is 0. The van der Waals surface area contributed by atoms with E-state index in [1.807, 2.05) is 0 Å². The van der Waals surface area contributed by atoms with Crippen LogP contribution in [0.4, 0.5) is 5.82 Å². The number of anilines is 1. The summed E-state index contributed by atoms with van der Waals surface area (Å²) in [5.41, 5.74) is 2.41. The maximum atomic E-state index is 6.01. The van der Waals surface area contributed by atoms with E-state index >= 15 is 0 Å². The van der Waals surface area contributed by atoms with E-state index in [9.17, 15) is 0 Å². The summed E-state index contributed by atoms with van der Waals surface area (Å²) in [6.45, 7) is 7.07. The minimum atomic E-state index is 0.307. The van der Waals surface area contributed by atoms with Gasteiger partial charge in [-0.1, -0.05) is 18.2 Å². The van der Waals surface area contributed by atoms with Crippen molar-refractivity contribution < 1.29 is 4.74 Å². The Kier molecular flexibility index (Phi) is 5.47. The van der Waals surface area contributed by atoms with Crippen molar-refractivity contribution in [2.45, 2.75) is 50.8 Å². The van der Waals surface area contributed by atoms with Crippen molar-refractivity contribution in [2.24, 2.45) is 0 Å². The van der Waals surface area contributed by atoms with E-state index < -0.39 is 0 Å². The van der Waals surface area contributed by atoms with Crippen LogP contribution in [0.3, 0.4) is 0 Å². The molecule has 0 bridgehead atoms. The number of para-hydroxylation sites is 1. The van der Waals surface area contributed by atoms with Gasteiger partial charge in [0.05, 0.1) is 18.2 Å². The van der Waals surface area contributed by atoms with Gasteiger partial charge in [-0.15, -0.1) is 0 Å². The van der Waals surface area contributed by atoms with Crippen molar-refractivity contribution >= 4 is 16.7 Å². The molecular formula is C23H32N4O. The van der Waals surface area contributed by atoms with Gasteiger partial charge in [-0.25, -0.2) is 4.98 Å². The number of hydrogen-bond donors (Lipinski definition) is 1. The molecule has 1 aromatic heterocycles. The Labute approximate surface area is 168 Å². The Hall–Kier alpha value is -1.69. The third-order valence-electron chi connectivity index (χ3n) is 6.36. The molecule has 0 amide bonds. The fraction of sp³-hybridized carbons (Fsp3) is 0.609. The Bertz CT molecular complexity index is 800. The molecule has 150 valence electrons. The highest BCUT2D eigenvalue weighted by Crippen LogP contribution is 2.28. The van der Waals surface area contributed by atoms with Gasteiger partial charge in [0.1, 0.15) is 5.82 Å². The van der Waals surface area contributed by atoms with E-state index in [-0.39, 0.29) is 0 Å². The van der Waals surface area contributed by atoms with Gasteiger partial charge in [0, 0.05) is 56.3 Å². The number of benzene rings is 1. The van der Waals surface area contributed by atoms with Crippen LogP contribution in [0.5, 0.6) is 0 Å². The van der Waals surface area contributed by atoms with Gasteiger partial charge in [-0.05, 0) is 44.2 Å². The number of morpholine rings is 1. The monoisotopic (exact) mass is 380 g/mol. The molecule has 3 aliphatic rings. The van der Waals surface area contributed by atoms with Crippen molar-refractivity contribution in [1.82, 2.24) is 15.2 Å². The summed E-state index contributed by atoms with van der Waals surface area (Å²) in [6.07, 6.45) is 6.95. The van der Waals surface area contributed by atoms with Crippen LogP contribution >= 0.6 is 0 Å². The molecule has 1 saturated carbocycles. The Morgan fingerprint density at radius 3 is 2.79 bits per heavy atom. The van der Waals surface area contributed by atoms with Crippen LogP contribution in [0.1, 0.15) is 37.7 Å². The van der Waals surface area contributed by atoms with Crippen LogP contribution in [0, 0.1) is 0 Å². The molecular weight excluding hydrogens is 348 g/mol. The lowest BCUT2D eigenvalue weighted by atomic mass is 10.1. The molecule has 5 nitrogen and oxygen atoms in total. The number of fused-ring (bicyclic) bond motifs is 1. The second kappa shape index (κ2) is 8.36. The van der Waals surface area contributed by atoms with Crippen molar-refractivity contribution in [2.75, 3.05) is 44.2 Å². The molecule has 2 saturated heterocycles. The first kappa shape index (κ1) is 18.3. The van der Waals surface area contributed by atoms with Crippen LogP contribution in [-0.2, 0) is 11.3 Å². The Morgan fingerprint density at radius 1 is 1.07 bits per heavy atom. The maximum absolute atomic E-state index is 6.01. The minimum absolute atomic E-state index is 0.307. The average Bonchev–Trinajstić information content (AvgIpc) is 3.60. The normalized spacial score (nSPS) is 24.0. The number of piperidine rings is 1. The Morgan fingerprint density at radius 2 is 1.93 bits per heavy atom. The lowest BCUT2D eigenvalue weighted by Gasteiger charge is -2.33. The number of pyridine rings is 1. The molecule has 1 aromatic carbocycles. The number of hydrogen-bond acceptors (Lipinski definition) is 5. The van der Waals surface area contributed by atoms with Crippen molar-refractivity contribution in [3.63, 3.8) is 0 Å². The second-order valence-electron chi connectivity index (χ2n) is 8.56. The number of ether oxygens (including phenoxy) is 1. The predicted octanol–water partition coefficient (Wildman–Crippen LogP) is 3.18. The first-order valence-electron chi connectivity index (χ1n) is 11.1. The van der Waals surface area contributed by atoms with E-state index in [0.717, 1.165) is 57.4 Å². The predicted molar refractivity (Wildman–Crippen MR) is 114 cm³/mol. The first-order chi connectivity index (χ1) is 13.9. The smallest absolute Gasteiger partial charge is 0.133 e. The van der Waals surface area contributed by atoms with E-state index in [0.29, 0.717) is 6.10 Å². The van der Waals surface area contributed by atoms with E-state index in [1.165, 1.54) is 48.9 Å². The molecule has 0 radical (unpaired) electrons. The molecule has 0 spiro atoms. The molecule has 28 heavy (non-hydrogen) atoms. The van der Waals surface area contributed by atoms with E-state index in [4.69, 9.17) is 9.72 Å². The third kappa shape index (κ3) is 4.17. The van der Waals surface area contributed by atoms with Gasteiger partial charge in [-0.2, -0.15) is 0 Å². The van der Waals surface area contributed by atoms with Crippen molar-refractivity contribution in [1.29, 1.82) is 0 Å². The van der Waals surface area contributed by atoms with Crippen LogP contribution in [0.15, 0.2) is 30.3 Å². The van der Waals surface area contributed by atoms with Gasteiger partial charge < -0.3 is 15.0 Å². The fourth-order valence-corrected chi connectivity index (χ4v) is 4.66. The van der Waals surface area contributed by atoms with Gasteiger partial charge in [-0.3, -0.25) is 4.90 Å². The minimum Gasteiger partial charge on any atom is -0.374 e. The first-order valence-corrected chi connectivity index (χ1v) is 11.1. The SMILES string of the molecule is c1ccc2nc(N3CCCCC3)c(CNCC3CN(C4CC4)CCO3)cc2c1. The summed E-state index contributed by atoms with van der Waals surface area (Å²) < 4.78 is 6.01. The highest BCUT2D eigenvalue weighted by molar-refractivity contribution is 5.81. The summed E-state index contributed by atoms with van der Waals surface area (Å²) >= 11 is 0. The largest absolute Gasteiger partial charge is 0.374 e. The lowest BCUT2D eigenvalue weighted by molar-refractivity contribution is -0.0301. The van der Waals surface area contributed by atoms with Crippen LogP contribution < -0.4 is 10.2 Å². The van der Waals surface area contributed by atoms with Gasteiger partial charge in [0.15, 0.2) is 0 Å².